The Morgan fingerprint density at radius 3 is 2.53 bits per heavy atom. The fourth-order valence-electron chi connectivity index (χ4n) is 3.73. The molecule has 1 saturated heterocycles. The molecule has 34 heavy (non-hydrogen) atoms. The van der Waals surface area contributed by atoms with Crippen LogP contribution in [-0.4, -0.2) is 61.4 Å². The smallest absolute Gasteiger partial charge is 0.278 e. The van der Waals surface area contributed by atoms with E-state index >= 15 is 0 Å². The maximum Gasteiger partial charge on any atom is 0.278 e. The molecule has 3 heterocycles. The van der Waals surface area contributed by atoms with Gasteiger partial charge in [0, 0.05) is 29.9 Å². The number of nitrogens with one attached hydrogen (secondary N) is 1. The molecule has 0 spiro atoms. The highest BCUT2D eigenvalue weighted by molar-refractivity contribution is 6.31. The van der Waals surface area contributed by atoms with E-state index < -0.39 is 0 Å². The van der Waals surface area contributed by atoms with Crippen molar-refractivity contribution in [2.45, 2.75) is 13.5 Å². The number of hydrogen-bond donors (Lipinski definition) is 1. The second kappa shape index (κ2) is 10.7. The number of morpholine rings is 1. The van der Waals surface area contributed by atoms with Crippen LogP contribution in [0.4, 0.5) is 5.82 Å². The zero-order valence-electron chi connectivity index (χ0n) is 19.3. The van der Waals surface area contributed by atoms with Crippen molar-refractivity contribution >= 4 is 23.3 Å². The van der Waals surface area contributed by atoms with E-state index in [0.717, 1.165) is 16.7 Å². The number of ether oxygens (including phenoxy) is 3. The van der Waals surface area contributed by atoms with Crippen LogP contribution in [0.15, 0.2) is 36.7 Å². The molecule has 3 aromatic rings. The molecule has 0 radical (unpaired) electrons. The van der Waals surface area contributed by atoms with Crippen LogP contribution < -0.4 is 19.7 Å². The third kappa shape index (κ3) is 5.37. The van der Waals surface area contributed by atoms with Crippen molar-refractivity contribution < 1.29 is 19.0 Å². The molecule has 1 fully saturated rings. The van der Waals surface area contributed by atoms with Crippen molar-refractivity contribution in [2.75, 3.05) is 45.4 Å². The van der Waals surface area contributed by atoms with Gasteiger partial charge in [-0.25, -0.2) is 15.0 Å². The lowest BCUT2D eigenvalue weighted by Crippen LogP contribution is -2.38. The van der Waals surface area contributed by atoms with E-state index in [1.54, 1.807) is 6.20 Å². The van der Waals surface area contributed by atoms with Crippen LogP contribution in [0.5, 0.6) is 11.8 Å². The molecular weight excluding hydrogens is 458 g/mol. The quantitative estimate of drug-likeness (QED) is 0.546. The molecule has 1 aliphatic heterocycles. The Kier molecular flexibility index (Phi) is 7.44. The summed E-state index contributed by atoms with van der Waals surface area (Å²) in [6.07, 6.45) is 3.31. The number of methoxy groups -OCH3 is 2. The van der Waals surface area contributed by atoms with Gasteiger partial charge in [0.05, 0.1) is 51.4 Å². The number of halogens is 1. The first-order chi connectivity index (χ1) is 16.5. The highest BCUT2D eigenvalue weighted by Crippen LogP contribution is 2.29. The maximum atomic E-state index is 13.3. The first-order valence-electron chi connectivity index (χ1n) is 10.8. The number of carbonyl (C=O) groups excluding carboxylic acids is 1. The maximum absolute atomic E-state index is 13.3. The van der Waals surface area contributed by atoms with Gasteiger partial charge in [0.1, 0.15) is 5.82 Å². The minimum atomic E-state index is -0.272. The molecule has 0 atom stereocenters. The number of rotatable bonds is 7. The van der Waals surface area contributed by atoms with Crippen molar-refractivity contribution in [3.63, 3.8) is 0 Å². The molecule has 0 saturated carbocycles. The van der Waals surface area contributed by atoms with Gasteiger partial charge in [-0.05, 0) is 36.2 Å². The van der Waals surface area contributed by atoms with Crippen LogP contribution in [0.25, 0.3) is 11.1 Å². The molecule has 178 valence electrons. The number of hydrogen-bond acceptors (Lipinski definition) is 8. The summed E-state index contributed by atoms with van der Waals surface area (Å²) in [5.74, 6) is 0.872. The summed E-state index contributed by atoms with van der Waals surface area (Å²) >= 11 is 6.27. The van der Waals surface area contributed by atoms with Crippen molar-refractivity contribution in [1.82, 2.24) is 20.3 Å². The van der Waals surface area contributed by atoms with E-state index in [0.29, 0.717) is 48.4 Å². The number of benzene rings is 1. The molecule has 4 rings (SSSR count). The van der Waals surface area contributed by atoms with Gasteiger partial charge in [-0.1, -0.05) is 17.7 Å². The highest BCUT2D eigenvalue weighted by Gasteiger charge is 2.22. The highest BCUT2D eigenvalue weighted by atomic mass is 35.5. The van der Waals surface area contributed by atoms with E-state index in [-0.39, 0.29) is 24.2 Å². The lowest BCUT2D eigenvalue weighted by atomic mass is 10.0. The number of nitrogens with zero attached hydrogens (tertiary/aromatic N) is 4. The third-order valence-corrected chi connectivity index (χ3v) is 5.59. The average molecular weight is 484 g/mol. The molecule has 0 aliphatic carbocycles. The van der Waals surface area contributed by atoms with Gasteiger partial charge in [0.2, 0.25) is 0 Å². The summed E-state index contributed by atoms with van der Waals surface area (Å²) in [6, 6.07) is 7.61. The van der Waals surface area contributed by atoms with Crippen LogP contribution in [0.2, 0.25) is 5.02 Å². The fourth-order valence-corrected chi connectivity index (χ4v) is 4.02. The second-order valence-corrected chi connectivity index (χ2v) is 8.21. The van der Waals surface area contributed by atoms with Crippen LogP contribution >= 0.6 is 11.6 Å². The minimum absolute atomic E-state index is 0.162. The number of pyridine rings is 1. The molecule has 10 heteroatoms. The molecule has 9 nitrogen and oxygen atoms in total. The van der Waals surface area contributed by atoms with Gasteiger partial charge >= 0.3 is 0 Å². The number of aryl methyl sites for hydroxylation is 1. The van der Waals surface area contributed by atoms with Crippen LogP contribution in [-0.2, 0) is 11.3 Å². The topological polar surface area (TPSA) is 98.7 Å². The van der Waals surface area contributed by atoms with Gasteiger partial charge in [0.25, 0.3) is 17.7 Å². The molecule has 1 amide bonds. The summed E-state index contributed by atoms with van der Waals surface area (Å²) in [6.45, 7) is 4.62. The van der Waals surface area contributed by atoms with Gasteiger partial charge < -0.3 is 24.4 Å². The number of amides is 1. The monoisotopic (exact) mass is 483 g/mol. The summed E-state index contributed by atoms with van der Waals surface area (Å²) in [5, 5.41) is 3.55. The predicted molar refractivity (Wildman–Crippen MR) is 129 cm³/mol. The Bertz CT molecular complexity index is 1160. The standard InChI is InChI=1S/C24H26ClN5O4/c1-15-8-16(10-18(25)9-15)17-11-20(21(26-12-17)30-4-6-34-7-5-30)22(31)27-13-19-14-28-23(32-2)24(29-19)33-3/h8-12,14H,4-7,13H2,1-3H3,(H,27,31). The Hall–Kier alpha value is -3.43. The first-order valence-corrected chi connectivity index (χ1v) is 11.2. The van der Waals surface area contributed by atoms with E-state index in [9.17, 15) is 4.79 Å². The molecule has 0 bridgehead atoms. The Morgan fingerprint density at radius 2 is 1.82 bits per heavy atom. The van der Waals surface area contributed by atoms with Crippen molar-refractivity contribution in [2.24, 2.45) is 0 Å². The summed E-state index contributed by atoms with van der Waals surface area (Å²) < 4.78 is 15.8. The van der Waals surface area contributed by atoms with Crippen molar-refractivity contribution in [1.29, 1.82) is 0 Å². The van der Waals surface area contributed by atoms with Gasteiger partial charge in [-0.2, -0.15) is 0 Å². The van der Waals surface area contributed by atoms with Gasteiger partial charge in [-0.3, -0.25) is 4.79 Å². The fraction of sp³-hybridized carbons (Fsp3) is 0.333. The van der Waals surface area contributed by atoms with Gasteiger partial charge in [0.15, 0.2) is 0 Å². The van der Waals surface area contributed by atoms with Crippen LogP contribution in [0, 0.1) is 6.92 Å². The molecular formula is C24H26ClN5O4. The molecule has 1 aliphatic rings. The molecule has 1 aromatic carbocycles. The first kappa shape index (κ1) is 23.7. The van der Waals surface area contributed by atoms with Crippen molar-refractivity contribution in [3.8, 4) is 22.9 Å². The number of aromatic nitrogens is 3. The van der Waals surface area contributed by atoms with Gasteiger partial charge in [-0.15, -0.1) is 0 Å². The normalized spacial score (nSPS) is 13.5. The number of anilines is 1. The second-order valence-electron chi connectivity index (χ2n) is 7.77. The average Bonchev–Trinajstić information content (AvgIpc) is 2.86. The summed E-state index contributed by atoms with van der Waals surface area (Å²) in [5.41, 5.74) is 3.72. The summed E-state index contributed by atoms with van der Waals surface area (Å²) in [4.78, 5) is 28.6. The third-order valence-electron chi connectivity index (χ3n) is 5.37. The van der Waals surface area contributed by atoms with E-state index in [4.69, 9.17) is 25.8 Å². The lowest BCUT2D eigenvalue weighted by Gasteiger charge is -2.29. The molecule has 2 aromatic heterocycles. The molecule has 0 unspecified atom stereocenters. The Balaban J connectivity index is 1.63. The van der Waals surface area contributed by atoms with Crippen LogP contribution in [0.1, 0.15) is 21.6 Å². The van der Waals surface area contributed by atoms with Crippen molar-refractivity contribution in [3.05, 3.63) is 58.5 Å². The lowest BCUT2D eigenvalue weighted by molar-refractivity contribution is 0.0948. The molecule has 1 N–H and O–H groups in total. The van der Waals surface area contributed by atoms with E-state index in [1.165, 1.54) is 20.4 Å². The minimum Gasteiger partial charge on any atom is -0.477 e. The zero-order chi connectivity index (χ0) is 24.1. The zero-order valence-corrected chi connectivity index (χ0v) is 20.1. The number of carbonyl (C=O) groups is 1. The predicted octanol–water partition coefficient (Wildman–Crippen LogP) is 3.28. The van der Waals surface area contributed by atoms with E-state index in [2.05, 4.69) is 25.2 Å². The largest absolute Gasteiger partial charge is 0.477 e. The SMILES string of the molecule is COc1ncc(CNC(=O)c2cc(-c3cc(C)cc(Cl)c3)cnc2N2CCOCC2)nc1OC. The Labute approximate surface area is 203 Å². The summed E-state index contributed by atoms with van der Waals surface area (Å²) in [7, 11) is 2.97. The Morgan fingerprint density at radius 1 is 1.06 bits per heavy atom. The van der Waals surface area contributed by atoms with E-state index in [1.807, 2.05) is 31.2 Å². The van der Waals surface area contributed by atoms with Crippen LogP contribution in [0.3, 0.4) is 0 Å².